The summed E-state index contributed by atoms with van der Waals surface area (Å²) in [6.07, 6.45) is 3.89. The van der Waals surface area contributed by atoms with Gasteiger partial charge in [0.15, 0.2) is 5.82 Å². The Labute approximate surface area is 166 Å². The van der Waals surface area contributed by atoms with E-state index in [0.29, 0.717) is 11.9 Å². The molecule has 130 valence electrons. The summed E-state index contributed by atoms with van der Waals surface area (Å²) in [5.74, 6) is -0.554. The first-order valence-corrected chi connectivity index (χ1v) is 11.3. The Hall–Kier alpha value is -2.05. The van der Waals surface area contributed by atoms with Crippen molar-refractivity contribution < 1.29 is 4.39 Å². The number of nitriles is 1. The maximum atomic E-state index is 14.4. The minimum atomic E-state index is -0.554. The van der Waals surface area contributed by atoms with Crippen LogP contribution in [-0.2, 0) is 6.54 Å². The zero-order valence-corrected chi connectivity index (χ0v) is 17.1. The number of aryl methyl sites for hydroxylation is 2. The van der Waals surface area contributed by atoms with E-state index in [2.05, 4.69) is 62.5 Å². The molecule has 4 rings (SSSR count). The monoisotopic (exact) mass is 476 g/mol. The lowest BCUT2D eigenvalue weighted by atomic mass is 10.0. The van der Waals surface area contributed by atoms with Gasteiger partial charge < -0.3 is 0 Å². The molecule has 0 amide bonds. The Bertz CT molecular complexity index is 1200. The molecule has 0 saturated carbocycles. The van der Waals surface area contributed by atoms with Gasteiger partial charge in [-0.2, -0.15) is 10.4 Å². The normalized spacial score (nSPS) is 11.3. The molecule has 7 heteroatoms. The van der Waals surface area contributed by atoms with Crippen molar-refractivity contribution in [3.63, 3.8) is 0 Å². The summed E-state index contributed by atoms with van der Waals surface area (Å²) in [4.78, 5) is 0. The average molecular weight is 476 g/mol. The highest BCUT2D eigenvalue weighted by Gasteiger charge is 2.15. The van der Waals surface area contributed by atoms with Crippen LogP contribution in [0.4, 0.5) is 4.39 Å². The van der Waals surface area contributed by atoms with Crippen LogP contribution in [0.1, 0.15) is 22.3 Å². The smallest absolute Gasteiger partial charge is 0.169 e. The third-order valence-electron chi connectivity index (χ3n) is 4.64. The fraction of sp³-hybridized carbons (Fsp3) is 0.158. The van der Waals surface area contributed by atoms with Gasteiger partial charge >= 0.3 is 0 Å². The third-order valence-corrected chi connectivity index (χ3v) is 6.36. The standard InChI is InChI=1S/C19H14FIN4S/c1-11-7-12(2)19-15(5-6-25(19)26-21)16(11)10-24-9-14-4-3-13(8-22)17(20)18(14)23-24/h3-7,9H,10H2,1-2H3. The molecule has 4 nitrogen and oxygen atoms in total. The van der Waals surface area contributed by atoms with Crippen LogP contribution in [0.15, 0.2) is 36.7 Å². The number of nitrogens with zero attached hydrogens (tertiary/aromatic N) is 4. The number of rotatable bonds is 3. The van der Waals surface area contributed by atoms with Crippen molar-refractivity contribution in [2.45, 2.75) is 20.4 Å². The number of benzene rings is 2. The number of hydrogen-bond donors (Lipinski definition) is 0. The number of aromatic nitrogens is 3. The van der Waals surface area contributed by atoms with Gasteiger partial charge in [-0.25, -0.2) is 4.39 Å². The van der Waals surface area contributed by atoms with E-state index in [9.17, 15) is 4.39 Å². The fourth-order valence-corrected chi connectivity index (χ4v) is 4.84. The lowest BCUT2D eigenvalue weighted by Crippen LogP contribution is -2.03. The summed E-state index contributed by atoms with van der Waals surface area (Å²) in [7, 11) is 1.63. The minimum absolute atomic E-state index is 0.0211. The molecule has 2 aromatic heterocycles. The molecular formula is C19H14FIN4S. The van der Waals surface area contributed by atoms with E-state index >= 15 is 0 Å². The zero-order chi connectivity index (χ0) is 18.4. The maximum Gasteiger partial charge on any atom is 0.169 e. The summed E-state index contributed by atoms with van der Waals surface area (Å²) in [5.41, 5.74) is 5.04. The van der Waals surface area contributed by atoms with Crippen LogP contribution in [0.3, 0.4) is 0 Å². The molecule has 0 atom stereocenters. The van der Waals surface area contributed by atoms with E-state index in [0.717, 1.165) is 0 Å². The molecule has 0 radical (unpaired) electrons. The second-order valence-electron chi connectivity index (χ2n) is 6.27. The van der Waals surface area contributed by atoms with Gasteiger partial charge in [0.1, 0.15) is 11.6 Å². The Morgan fingerprint density at radius 3 is 2.81 bits per heavy atom. The Kier molecular flexibility index (Phi) is 4.40. The van der Waals surface area contributed by atoms with Gasteiger partial charge in [0.05, 0.1) is 17.6 Å². The number of fused-ring (bicyclic) bond motifs is 2. The number of halogens is 2. The summed E-state index contributed by atoms with van der Waals surface area (Å²) >= 11 is 2.27. The third kappa shape index (κ3) is 2.68. The van der Waals surface area contributed by atoms with Crippen molar-refractivity contribution in [3.05, 3.63) is 64.7 Å². The van der Waals surface area contributed by atoms with Crippen molar-refractivity contribution in [3.8, 4) is 6.07 Å². The summed E-state index contributed by atoms with van der Waals surface area (Å²) in [6, 6.07) is 9.40. The topological polar surface area (TPSA) is 46.5 Å². The number of hydrogen-bond acceptors (Lipinski definition) is 3. The van der Waals surface area contributed by atoms with Crippen molar-refractivity contribution in [2.24, 2.45) is 0 Å². The van der Waals surface area contributed by atoms with Crippen molar-refractivity contribution >= 4 is 52.1 Å². The second kappa shape index (κ2) is 6.59. The molecule has 26 heavy (non-hydrogen) atoms. The average Bonchev–Trinajstić information content (AvgIpc) is 3.23. The van der Waals surface area contributed by atoms with Crippen LogP contribution in [0.25, 0.3) is 21.8 Å². The van der Waals surface area contributed by atoms with Gasteiger partial charge in [-0.15, -0.1) is 0 Å². The van der Waals surface area contributed by atoms with Crippen LogP contribution >= 0.6 is 30.3 Å². The van der Waals surface area contributed by atoms with Gasteiger partial charge in [0, 0.05) is 53.5 Å². The van der Waals surface area contributed by atoms with E-state index in [1.165, 1.54) is 33.7 Å². The lowest BCUT2D eigenvalue weighted by Gasteiger charge is -2.11. The zero-order valence-electron chi connectivity index (χ0n) is 14.1. The van der Waals surface area contributed by atoms with Crippen LogP contribution < -0.4 is 0 Å². The highest BCUT2D eigenvalue weighted by molar-refractivity contribution is 14.2. The molecule has 0 bridgehead atoms. The molecule has 0 unspecified atom stereocenters. The van der Waals surface area contributed by atoms with Crippen LogP contribution in [0.2, 0.25) is 0 Å². The Morgan fingerprint density at radius 2 is 2.08 bits per heavy atom. The highest BCUT2D eigenvalue weighted by Crippen LogP contribution is 2.32. The first kappa shape index (κ1) is 17.4. The molecule has 0 aliphatic carbocycles. The quantitative estimate of drug-likeness (QED) is 0.367. The molecule has 0 N–H and O–H groups in total. The predicted octanol–water partition coefficient (Wildman–Crippen LogP) is 5.51. The first-order valence-electron chi connectivity index (χ1n) is 7.98. The van der Waals surface area contributed by atoms with E-state index in [1.54, 1.807) is 19.9 Å². The molecule has 0 saturated heterocycles. The molecular weight excluding hydrogens is 462 g/mol. The molecule has 2 aromatic carbocycles. The van der Waals surface area contributed by atoms with Gasteiger partial charge in [-0.3, -0.25) is 8.65 Å². The lowest BCUT2D eigenvalue weighted by molar-refractivity contribution is 0.624. The Morgan fingerprint density at radius 1 is 1.27 bits per heavy atom. The first-order chi connectivity index (χ1) is 12.5. The van der Waals surface area contributed by atoms with E-state index in [-0.39, 0.29) is 11.1 Å². The van der Waals surface area contributed by atoms with Gasteiger partial charge in [0.25, 0.3) is 0 Å². The molecule has 2 heterocycles. The summed E-state index contributed by atoms with van der Waals surface area (Å²) in [5, 5.41) is 15.3. The SMILES string of the molecule is Cc1cc(C)c2c(ccn2SI)c1Cn1cc2ccc(C#N)c(F)c2n1. The van der Waals surface area contributed by atoms with Crippen molar-refractivity contribution in [1.29, 1.82) is 5.26 Å². The summed E-state index contributed by atoms with van der Waals surface area (Å²) < 4.78 is 18.2. The predicted molar refractivity (Wildman–Crippen MR) is 112 cm³/mol. The highest BCUT2D eigenvalue weighted by atomic mass is 127. The van der Waals surface area contributed by atoms with Crippen LogP contribution in [-0.4, -0.2) is 13.8 Å². The largest absolute Gasteiger partial charge is 0.282 e. The van der Waals surface area contributed by atoms with Crippen molar-refractivity contribution in [2.75, 3.05) is 0 Å². The van der Waals surface area contributed by atoms with Crippen molar-refractivity contribution in [1.82, 2.24) is 13.8 Å². The van der Waals surface area contributed by atoms with Gasteiger partial charge in [-0.05, 0) is 48.7 Å². The maximum absolute atomic E-state index is 14.4. The van der Waals surface area contributed by atoms with Crippen LogP contribution in [0.5, 0.6) is 0 Å². The minimum Gasteiger partial charge on any atom is -0.282 e. The van der Waals surface area contributed by atoms with E-state index < -0.39 is 5.82 Å². The van der Waals surface area contributed by atoms with E-state index in [1.807, 2.05) is 12.3 Å². The van der Waals surface area contributed by atoms with E-state index in [4.69, 9.17) is 5.26 Å². The molecule has 4 aromatic rings. The fourth-order valence-electron chi connectivity index (χ4n) is 3.44. The second-order valence-corrected chi connectivity index (χ2v) is 7.98. The Balaban J connectivity index is 1.85. The molecule has 0 aliphatic rings. The molecule has 0 spiro atoms. The molecule has 0 aliphatic heterocycles. The van der Waals surface area contributed by atoms with Gasteiger partial charge in [0.2, 0.25) is 0 Å². The van der Waals surface area contributed by atoms with Crippen LogP contribution in [0, 0.1) is 31.0 Å². The molecule has 0 fully saturated rings. The van der Waals surface area contributed by atoms with Gasteiger partial charge in [-0.1, -0.05) is 6.07 Å². The summed E-state index contributed by atoms with van der Waals surface area (Å²) in [6.45, 7) is 4.76.